The number of benzene rings is 1. The molecule has 0 unspecified atom stereocenters. The molecule has 2 aromatic rings. The maximum Gasteiger partial charge on any atom is 0.321 e. The number of likely N-dealkylation sites (tertiary alicyclic amines) is 1. The first-order chi connectivity index (χ1) is 12.3. The van der Waals surface area contributed by atoms with E-state index in [1.165, 1.54) is 6.07 Å². The van der Waals surface area contributed by atoms with Gasteiger partial charge in [-0.05, 0) is 37.1 Å². The minimum absolute atomic E-state index is 0.106. The van der Waals surface area contributed by atoms with Gasteiger partial charge >= 0.3 is 6.03 Å². The van der Waals surface area contributed by atoms with E-state index in [-0.39, 0.29) is 17.6 Å². The number of carbonyl (C=O) groups is 1. The molecule has 0 bridgehead atoms. The Morgan fingerprint density at radius 3 is 2.46 bits per heavy atom. The van der Waals surface area contributed by atoms with Crippen LogP contribution in [0.1, 0.15) is 18.5 Å². The molecule has 0 atom stereocenters. The third-order valence-electron chi connectivity index (χ3n) is 4.00. The van der Waals surface area contributed by atoms with Gasteiger partial charge in [0.15, 0.2) is 15.7 Å². The molecule has 0 aliphatic carbocycles. The van der Waals surface area contributed by atoms with Gasteiger partial charge in [-0.3, -0.25) is 0 Å². The highest BCUT2D eigenvalue weighted by Gasteiger charge is 2.17. The molecule has 3 rings (SSSR count). The topological polar surface area (TPSA) is 118 Å². The lowest BCUT2D eigenvalue weighted by Crippen LogP contribution is -2.32. The molecule has 0 saturated carbocycles. The van der Waals surface area contributed by atoms with E-state index < -0.39 is 9.84 Å². The van der Waals surface area contributed by atoms with Gasteiger partial charge in [-0.1, -0.05) is 0 Å². The number of nitrogens with zero attached hydrogens (tertiary/aromatic N) is 3. The van der Waals surface area contributed by atoms with Gasteiger partial charge in [0.25, 0.3) is 0 Å². The Balaban J connectivity index is 1.76. The highest BCUT2D eigenvalue weighted by Crippen LogP contribution is 2.21. The largest absolute Gasteiger partial charge is 0.384 e. The van der Waals surface area contributed by atoms with Crippen LogP contribution in [-0.2, 0) is 15.6 Å². The number of anilines is 2. The SMILES string of the molecule is CS(=O)(=O)Cc1cc(N)nc(-c2ccc(NC(=O)N3CCCC3)cc2)n1. The molecule has 1 saturated heterocycles. The summed E-state index contributed by atoms with van der Waals surface area (Å²) in [5, 5.41) is 2.86. The number of nitrogens with one attached hydrogen (secondary N) is 1. The summed E-state index contributed by atoms with van der Waals surface area (Å²) in [6.45, 7) is 1.56. The maximum absolute atomic E-state index is 12.1. The van der Waals surface area contributed by atoms with Crippen LogP contribution in [0.15, 0.2) is 30.3 Å². The highest BCUT2D eigenvalue weighted by atomic mass is 32.2. The third-order valence-corrected chi connectivity index (χ3v) is 4.82. The average Bonchev–Trinajstić information content (AvgIpc) is 3.08. The summed E-state index contributed by atoms with van der Waals surface area (Å²) < 4.78 is 22.9. The van der Waals surface area contributed by atoms with Crippen molar-refractivity contribution >= 4 is 27.4 Å². The van der Waals surface area contributed by atoms with E-state index >= 15 is 0 Å². The van der Waals surface area contributed by atoms with Gasteiger partial charge < -0.3 is 16.0 Å². The second-order valence-electron chi connectivity index (χ2n) is 6.38. The predicted molar refractivity (Wildman–Crippen MR) is 100 cm³/mol. The Bertz CT molecular complexity index is 906. The fraction of sp³-hybridized carbons (Fsp3) is 0.353. The molecule has 2 amide bonds. The van der Waals surface area contributed by atoms with Crippen molar-refractivity contribution in [3.05, 3.63) is 36.0 Å². The molecule has 1 fully saturated rings. The van der Waals surface area contributed by atoms with Crippen molar-refractivity contribution in [2.24, 2.45) is 0 Å². The quantitative estimate of drug-likeness (QED) is 0.842. The number of nitrogen functional groups attached to an aromatic ring is 1. The first-order valence-electron chi connectivity index (χ1n) is 8.28. The van der Waals surface area contributed by atoms with Gasteiger partial charge in [0.2, 0.25) is 0 Å². The second kappa shape index (κ2) is 7.28. The molecule has 1 aliphatic heterocycles. The zero-order chi connectivity index (χ0) is 18.7. The summed E-state index contributed by atoms with van der Waals surface area (Å²) in [6.07, 6.45) is 3.21. The van der Waals surface area contributed by atoms with Crippen LogP contribution in [0.4, 0.5) is 16.3 Å². The van der Waals surface area contributed by atoms with E-state index in [9.17, 15) is 13.2 Å². The summed E-state index contributed by atoms with van der Waals surface area (Å²) in [7, 11) is -3.22. The standard InChI is InChI=1S/C17H21N5O3S/c1-26(24,25)11-14-10-15(18)21-16(19-14)12-4-6-13(7-5-12)20-17(23)22-8-2-3-9-22/h4-7,10H,2-3,8-9,11H2,1H3,(H,20,23)(H2,18,19,21). The van der Waals surface area contributed by atoms with E-state index in [1.807, 2.05) is 0 Å². The monoisotopic (exact) mass is 375 g/mol. The molecule has 9 heteroatoms. The van der Waals surface area contributed by atoms with Crippen molar-refractivity contribution in [1.29, 1.82) is 0 Å². The summed E-state index contributed by atoms with van der Waals surface area (Å²) in [4.78, 5) is 22.3. The number of aromatic nitrogens is 2. The third kappa shape index (κ3) is 4.69. The van der Waals surface area contributed by atoms with Gasteiger partial charge in [-0.25, -0.2) is 23.2 Å². The van der Waals surface area contributed by atoms with Gasteiger partial charge in [0, 0.05) is 36.7 Å². The smallest absolute Gasteiger partial charge is 0.321 e. The fourth-order valence-electron chi connectivity index (χ4n) is 2.82. The average molecular weight is 375 g/mol. The molecule has 138 valence electrons. The number of carbonyl (C=O) groups excluding carboxylic acids is 1. The van der Waals surface area contributed by atoms with Gasteiger partial charge in [0.05, 0.1) is 11.4 Å². The first kappa shape index (κ1) is 18.1. The maximum atomic E-state index is 12.1. The lowest BCUT2D eigenvalue weighted by molar-refractivity contribution is 0.222. The molecule has 1 aliphatic rings. The molecule has 1 aromatic carbocycles. The Hall–Kier alpha value is -2.68. The minimum atomic E-state index is -3.22. The lowest BCUT2D eigenvalue weighted by Gasteiger charge is -2.16. The minimum Gasteiger partial charge on any atom is -0.384 e. The molecule has 0 radical (unpaired) electrons. The van der Waals surface area contributed by atoms with Crippen molar-refractivity contribution in [2.45, 2.75) is 18.6 Å². The summed E-state index contributed by atoms with van der Waals surface area (Å²) in [5.74, 6) is 0.359. The van der Waals surface area contributed by atoms with E-state index in [1.54, 1.807) is 29.2 Å². The van der Waals surface area contributed by atoms with Crippen LogP contribution in [0.2, 0.25) is 0 Å². The van der Waals surface area contributed by atoms with E-state index in [0.29, 0.717) is 22.8 Å². The fourth-order valence-corrected chi connectivity index (χ4v) is 3.50. The summed E-state index contributed by atoms with van der Waals surface area (Å²) in [5.41, 5.74) is 7.48. The molecule has 26 heavy (non-hydrogen) atoms. The second-order valence-corrected chi connectivity index (χ2v) is 8.52. The van der Waals surface area contributed by atoms with Crippen molar-refractivity contribution in [2.75, 3.05) is 30.4 Å². The van der Waals surface area contributed by atoms with Crippen molar-refractivity contribution in [3.63, 3.8) is 0 Å². The Kier molecular flexibility index (Phi) is 5.08. The molecular formula is C17H21N5O3S. The molecule has 0 spiro atoms. The molecular weight excluding hydrogens is 354 g/mol. The van der Waals surface area contributed by atoms with E-state index in [0.717, 1.165) is 32.2 Å². The summed E-state index contributed by atoms with van der Waals surface area (Å²) in [6, 6.07) is 8.38. The van der Waals surface area contributed by atoms with Crippen LogP contribution in [0.25, 0.3) is 11.4 Å². The summed E-state index contributed by atoms with van der Waals surface area (Å²) >= 11 is 0. The number of nitrogens with two attached hydrogens (primary N) is 1. The van der Waals surface area contributed by atoms with Crippen LogP contribution >= 0.6 is 0 Å². The first-order valence-corrected chi connectivity index (χ1v) is 10.3. The molecule has 1 aromatic heterocycles. The van der Waals surface area contributed by atoms with Crippen LogP contribution in [0.3, 0.4) is 0 Å². The van der Waals surface area contributed by atoms with E-state index in [4.69, 9.17) is 5.73 Å². The number of sulfone groups is 1. The van der Waals surface area contributed by atoms with E-state index in [2.05, 4.69) is 15.3 Å². The van der Waals surface area contributed by atoms with Crippen molar-refractivity contribution in [1.82, 2.24) is 14.9 Å². The van der Waals surface area contributed by atoms with Crippen LogP contribution < -0.4 is 11.1 Å². The van der Waals surface area contributed by atoms with Crippen molar-refractivity contribution in [3.8, 4) is 11.4 Å². The van der Waals surface area contributed by atoms with Gasteiger partial charge in [-0.15, -0.1) is 0 Å². The number of rotatable bonds is 4. The lowest BCUT2D eigenvalue weighted by atomic mass is 10.2. The zero-order valence-corrected chi connectivity index (χ0v) is 15.3. The number of amides is 2. The Labute approximate surface area is 152 Å². The number of hydrogen-bond donors (Lipinski definition) is 2. The van der Waals surface area contributed by atoms with Crippen LogP contribution in [0.5, 0.6) is 0 Å². The number of urea groups is 1. The van der Waals surface area contributed by atoms with Gasteiger partial charge in [-0.2, -0.15) is 0 Å². The molecule has 2 heterocycles. The molecule has 8 nitrogen and oxygen atoms in total. The predicted octanol–water partition coefficient (Wildman–Crippen LogP) is 1.90. The van der Waals surface area contributed by atoms with Crippen LogP contribution in [-0.4, -0.2) is 48.7 Å². The molecule has 3 N–H and O–H groups in total. The zero-order valence-electron chi connectivity index (χ0n) is 14.5. The van der Waals surface area contributed by atoms with Gasteiger partial charge in [0.1, 0.15) is 5.82 Å². The normalized spacial score (nSPS) is 14.4. The number of hydrogen-bond acceptors (Lipinski definition) is 6. The highest BCUT2D eigenvalue weighted by molar-refractivity contribution is 7.89. The Morgan fingerprint density at radius 2 is 1.85 bits per heavy atom. The Morgan fingerprint density at radius 1 is 1.19 bits per heavy atom. The van der Waals surface area contributed by atoms with Crippen molar-refractivity contribution < 1.29 is 13.2 Å². The van der Waals surface area contributed by atoms with Crippen LogP contribution in [0, 0.1) is 0 Å².